The maximum atomic E-state index is 13.3. The van der Waals surface area contributed by atoms with Crippen LogP contribution in [-0.4, -0.2) is 58.5 Å². The highest BCUT2D eigenvalue weighted by Gasteiger charge is 2.31. The van der Waals surface area contributed by atoms with E-state index in [9.17, 15) is 8.42 Å². The van der Waals surface area contributed by atoms with Gasteiger partial charge in [-0.15, -0.1) is 10.2 Å². The van der Waals surface area contributed by atoms with Crippen molar-refractivity contribution >= 4 is 32.5 Å². The van der Waals surface area contributed by atoms with Crippen LogP contribution in [-0.2, 0) is 10.0 Å². The Morgan fingerprint density at radius 1 is 0.861 bits per heavy atom. The molecule has 36 heavy (non-hydrogen) atoms. The molecular formula is C27H32N6O2S. The number of rotatable bonds is 4. The third-order valence-corrected chi connectivity index (χ3v) is 9.52. The third kappa shape index (κ3) is 4.04. The van der Waals surface area contributed by atoms with Crippen LogP contribution >= 0.6 is 0 Å². The fourth-order valence-electron chi connectivity index (χ4n) is 5.64. The summed E-state index contributed by atoms with van der Waals surface area (Å²) in [5.41, 5.74) is 3.83. The average Bonchev–Trinajstić information content (AvgIpc) is 3.35. The Labute approximate surface area is 212 Å². The molecule has 2 aromatic carbocycles. The van der Waals surface area contributed by atoms with E-state index in [1.807, 2.05) is 19.1 Å². The summed E-state index contributed by atoms with van der Waals surface area (Å²) < 4.78 is 30.3. The molecule has 1 aliphatic heterocycles. The van der Waals surface area contributed by atoms with Crippen LogP contribution in [0.15, 0.2) is 47.4 Å². The van der Waals surface area contributed by atoms with Crippen molar-refractivity contribution in [3.8, 4) is 0 Å². The largest absolute Gasteiger partial charge is 0.339 e. The van der Waals surface area contributed by atoms with Crippen LogP contribution < -0.4 is 4.90 Å². The van der Waals surface area contributed by atoms with Crippen LogP contribution in [0.1, 0.15) is 55.0 Å². The number of nitrogens with zero attached hydrogens (tertiary/aromatic N) is 6. The number of benzene rings is 2. The molecule has 188 valence electrons. The highest BCUT2D eigenvalue weighted by atomic mass is 32.2. The first kappa shape index (κ1) is 23.4. The summed E-state index contributed by atoms with van der Waals surface area (Å²) in [6.07, 6.45) is 5.94. The Hall–Kier alpha value is -3.04. The predicted molar refractivity (Wildman–Crippen MR) is 141 cm³/mol. The maximum absolute atomic E-state index is 13.3. The lowest BCUT2D eigenvalue weighted by molar-refractivity contribution is 0.381. The Kier molecular flexibility index (Phi) is 5.92. The lowest BCUT2D eigenvalue weighted by atomic mass is 9.89. The fourth-order valence-corrected chi connectivity index (χ4v) is 7.17. The van der Waals surface area contributed by atoms with Gasteiger partial charge in [0, 0.05) is 37.5 Å². The summed E-state index contributed by atoms with van der Waals surface area (Å²) in [5, 5.41) is 10.4. The minimum atomic E-state index is -3.53. The number of hydrogen-bond donors (Lipinski definition) is 0. The Balaban J connectivity index is 1.37. The van der Waals surface area contributed by atoms with Gasteiger partial charge >= 0.3 is 0 Å². The normalized spacial score (nSPS) is 18.3. The van der Waals surface area contributed by atoms with Gasteiger partial charge in [-0.05, 0) is 56.5 Å². The van der Waals surface area contributed by atoms with E-state index >= 15 is 0 Å². The van der Waals surface area contributed by atoms with Gasteiger partial charge < -0.3 is 4.90 Å². The van der Waals surface area contributed by atoms with Crippen molar-refractivity contribution in [1.82, 2.24) is 23.9 Å². The van der Waals surface area contributed by atoms with Gasteiger partial charge in [0.2, 0.25) is 16.0 Å². The van der Waals surface area contributed by atoms with Crippen molar-refractivity contribution in [2.45, 2.75) is 56.8 Å². The van der Waals surface area contributed by atoms with E-state index in [-0.39, 0.29) is 0 Å². The van der Waals surface area contributed by atoms with Gasteiger partial charge in [0.15, 0.2) is 5.65 Å². The Morgan fingerprint density at radius 3 is 2.36 bits per heavy atom. The molecule has 1 saturated heterocycles. The Morgan fingerprint density at radius 2 is 1.61 bits per heavy atom. The van der Waals surface area contributed by atoms with E-state index in [4.69, 9.17) is 10.1 Å². The first-order chi connectivity index (χ1) is 17.4. The van der Waals surface area contributed by atoms with Gasteiger partial charge in [0.05, 0.1) is 10.4 Å². The fraction of sp³-hybridized carbons (Fsp3) is 0.444. The van der Waals surface area contributed by atoms with Gasteiger partial charge in [0.25, 0.3) is 0 Å². The molecule has 0 spiro atoms. The maximum Gasteiger partial charge on any atom is 0.243 e. The second-order valence-corrected chi connectivity index (χ2v) is 12.1. The second kappa shape index (κ2) is 9.12. The summed E-state index contributed by atoms with van der Waals surface area (Å²) in [6.45, 7) is 5.94. The van der Waals surface area contributed by atoms with E-state index in [1.54, 1.807) is 22.5 Å². The lowest BCUT2D eigenvalue weighted by Gasteiger charge is -2.35. The molecule has 4 aromatic rings. The smallest absolute Gasteiger partial charge is 0.243 e. The molecule has 2 fully saturated rings. The highest BCUT2D eigenvalue weighted by Crippen LogP contribution is 2.35. The molecule has 0 N–H and O–H groups in total. The third-order valence-electron chi connectivity index (χ3n) is 7.62. The number of fused-ring (bicyclic) bond motifs is 3. The number of sulfonamides is 1. The van der Waals surface area contributed by atoms with Gasteiger partial charge in [-0.3, -0.25) is 0 Å². The van der Waals surface area contributed by atoms with Crippen molar-refractivity contribution in [3.63, 3.8) is 0 Å². The van der Waals surface area contributed by atoms with E-state index in [0.717, 1.165) is 52.3 Å². The summed E-state index contributed by atoms with van der Waals surface area (Å²) in [6, 6.07) is 13.4. The standard InChI is InChI=1S/C27H32N6O2S/c1-19-7-6-10-22(17-19)36(34,35)32-15-13-31(14-16-32)27-28-24-12-11-20(2)18-23(24)26-30-29-25(33(26)27)21-8-4-3-5-9-21/h6-7,10-12,17-18,21H,3-5,8-9,13-16H2,1-2H3. The van der Waals surface area contributed by atoms with Crippen LogP contribution in [0.4, 0.5) is 5.95 Å². The van der Waals surface area contributed by atoms with Crippen LogP contribution in [0.2, 0.25) is 0 Å². The van der Waals surface area contributed by atoms with Gasteiger partial charge in [-0.1, -0.05) is 43.0 Å². The quantitative estimate of drug-likeness (QED) is 0.408. The zero-order chi connectivity index (χ0) is 24.9. The zero-order valence-electron chi connectivity index (χ0n) is 20.9. The van der Waals surface area contributed by atoms with Crippen molar-refractivity contribution in [2.75, 3.05) is 31.1 Å². The van der Waals surface area contributed by atoms with Crippen LogP contribution in [0, 0.1) is 13.8 Å². The van der Waals surface area contributed by atoms with Crippen molar-refractivity contribution in [2.24, 2.45) is 0 Å². The molecule has 1 aliphatic carbocycles. The summed E-state index contributed by atoms with van der Waals surface area (Å²) in [5.74, 6) is 2.18. The molecule has 2 aromatic heterocycles. The second-order valence-electron chi connectivity index (χ2n) is 10.2. The topological polar surface area (TPSA) is 83.7 Å². The molecule has 0 atom stereocenters. The molecule has 0 bridgehead atoms. The van der Waals surface area contributed by atoms with Gasteiger partial charge in [-0.2, -0.15) is 4.31 Å². The predicted octanol–water partition coefficient (Wildman–Crippen LogP) is 4.45. The average molecular weight is 505 g/mol. The molecule has 6 rings (SSSR count). The van der Waals surface area contributed by atoms with E-state index < -0.39 is 10.0 Å². The molecule has 0 unspecified atom stereocenters. The molecule has 0 radical (unpaired) electrons. The van der Waals surface area contributed by atoms with Crippen LogP contribution in [0.25, 0.3) is 16.6 Å². The first-order valence-electron chi connectivity index (χ1n) is 12.9. The number of aryl methyl sites for hydroxylation is 2. The number of aromatic nitrogens is 4. The number of piperazine rings is 1. The van der Waals surface area contributed by atoms with Crippen LogP contribution in [0.3, 0.4) is 0 Å². The molecular weight excluding hydrogens is 472 g/mol. The molecule has 8 nitrogen and oxygen atoms in total. The molecule has 2 aliphatic rings. The van der Waals surface area contributed by atoms with Gasteiger partial charge in [-0.25, -0.2) is 17.8 Å². The molecule has 3 heterocycles. The SMILES string of the molecule is Cc1cccc(S(=O)(=O)N2CCN(c3nc4ccc(C)cc4c4nnc(C5CCCCC5)n34)CC2)c1. The minimum absolute atomic E-state index is 0.357. The summed E-state index contributed by atoms with van der Waals surface area (Å²) in [7, 11) is -3.53. The van der Waals surface area contributed by atoms with Crippen molar-refractivity contribution in [3.05, 3.63) is 59.4 Å². The number of anilines is 1. The summed E-state index contributed by atoms with van der Waals surface area (Å²) >= 11 is 0. The first-order valence-corrected chi connectivity index (χ1v) is 14.3. The van der Waals surface area contributed by atoms with Crippen molar-refractivity contribution in [1.29, 1.82) is 0 Å². The molecule has 1 saturated carbocycles. The van der Waals surface area contributed by atoms with Gasteiger partial charge in [0.1, 0.15) is 5.82 Å². The van der Waals surface area contributed by atoms with E-state index in [2.05, 4.69) is 33.5 Å². The van der Waals surface area contributed by atoms with E-state index in [1.165, 1.54) is 19.3 Å². The molecule has 0 amide bonds. The monoisotopic (exact) mass is 504 g/mol. The Bertz CT molecular complexity index is 1530. The van der Waals surface area contributed by atoms with Crippen LogP contribution in [0.5, 0.6) is 0 Å². The highest BCUT2D eigenvalue weighted by molar-refractivity contribution is 7.89. The molecule has 9 heteroatoms. The minimum Gasteiger partial charge on any atom is -0.339 e. The summed E-state index contributed by atoms with van der Waals surface area (Å²) in [4.78, 5) is 7.65. The lowest BCUT2D eigenvalue weighted by Crippen LogP contribution is -2.49. The van der Waals surface area contributed by atoms with Crippen molar-refractivity contribution < 1.29 is 8.42 Å². The zero-order valence-corrected chi connectivity index (χ0v) is 21.7. The number of hydrogen-bond acceptors (Lipinski definition) is 6. The van der Waals surface area contributed by atoms with E-state index in [0.29, 0.717) is 37.0 Å².